The Hall–Kier alpha value is -1.51. The maximum atomic E-state index is 12.2. The molecule has 1 aromatic rings. The van der Waals surface area contributed by atoms with Gasteiger partial charge >= 0.3 is 6.18 Å². The highest BCUT2D eigenvalue weighted by Gasteiger charge is 2.33. The Morgan fingerprint density at radius 3 is 2.69 bits per heavy atom. The number of carbonyl (C=O) groups is 1. The molecular formula is C7H6F3N3O2S. The molecule has 1 aromatic heterocycles. The van der Waals surface area contributed by atoms with Crippen LogP contribution in [0.2, 0.25) is 0 Å². The van der Waals surface area contributed by atoms with E-state index in [-0.39, 0.29) is 10.9 Å². The Bertz CT molecular complexity index is 457. The van der Waals surface area contributed by atoms with E-state index in [4.69, 9.17) is 5.73 Å². The molecule has 1 amide bonds. The van der Waals surface area contributed by atoms with E-state index in [1.54, 1.807) is 0 Å². The van der Waals surface area contributed by atoms with Gasteiger partial charge in [-0.05, 0) is 0 Å². The number of halogens is 3. The van der Waals surface area contributed by atoms with Crippen LogP contribution in [0.3, 0.4) is 0 Å². The SMILES string of the molecule is NC(=O)CSc1nc(C(F)(F)F)cc(=O)[nH]1. The zero-order valence-electron chi connectivity index (χ0n) is 7.67. The van der Waals surface area contributed by atoms with Gasteiger partial charge in [0.2, 0.25) is 5.91 Å². The van der Waals surface area contributed by atoms with Gasteiger partial charge < -0.3 is 10.7 Å². The molecule has 0 radical (unpaired) electrons. The normalized spacial score (nSPS) is 11.4. The van der Waals surface area contributed by atoms with Gasteiger partial charge in [-0.25, -0.2) is 4.98 Å². The monoisotopic (exact) mass is 253 g/mol. The molecule has 0 aliphatic carbocycles. The zero-order chi connectivity index (χ0) is 12.3. The Morgan fingerprint density at radius 2 is 2.19 bits per heavy atom. The zero-order valence-corrected chi connectivity index (χ0v) is 8.48. The number of alkyl halides is 3. The summed E-state index contributed by atoms with van der Waals surface area (Å²) in [6, 6.07) is 0.342. The van der Waals surface area contributed by atoms with E-state index >= 15 is 0 Å². The number of nitrogens with one attached hydrogen (secondary N) is 1. The lowest BCUT2D eigenvalue weighted by atomic mass is 10.4. The minimum Gasteiger partial charge on any atom is -0.369 e. The number of aromatic amines is 1. The molecule has 88 valence electrons. The number of primary amides is 1. The highest BCUT2D eigenvalue weighted by Crippen LogP contribution is 2.27. The third-order valence-electron chi connectivity index (χ3n) is 1.36. The van der Waals surface area contributed by atoms with Crippen LogP contribution in [0.4, 0.5) is 13.2 Å². The van der Waals surface area contributed by atoms with Gasteiger partial charge in [-0.3, -0.25) is 9.59 Å². The summed E-state index contributed by atoms with van der Waals surface area (Å²) >= 11 is 0.632. The fourth-order valence-electron chi connectivity index (χ4n) is 0.788. The number of H-pyrrole nitrogens is 1. The molecule has 0 aliphatic heterocycles. The van der Waals surface area contributed by atoms with Crippen molar-refractivity contribution in [2.24, 2.45) is 5.73 Å². The fourth-order valence-corrected chi connectivity index (χ4v) is 1.40. The molecule has 1 rings (SSSR count). The number of hydrogen-bond acceptors (Lipinski definition) is 4. The molecule has 0 fully saturated rings. The molecule has 5 nitrogen and oxygen atoms in total. The molecule has 3 N–H and O–H groups in total. The third-order valence-corrected chi connectivity index (χ3v) is 2.26. The van der Waals surface area contributed by atoms with Gasteiger partial charge in [0.15, 0.2) is 10.9 Å². The van der Waals surface area contributed by atoms with E-state index < -0.39 is 23.3 Å². The summed E-state index contributed by atoms with van der Waals surface area (Å²) in [4.78, 5) is 26.5. The number of nitrogens with zero attached hydrogens (tertiary/aromatic N) is 1. The summed E-state index contributed by atoms with van der Waals surface area (Å²) in [6.07, 6.45) is -4.70. The quantitative estimate of drug-likeness (QED) is 0.601. The average molecular weight is 253 g/mol. The minimum atomic E-state index is -4.70. The molecule has 9 heteroatoms. The lowest BCUT2D eigenvalue weighted by Gasteiger charge is -2.06. The van der Waals surface area contributed by atoms with Crippen molar-refractivity contribution in [3.05, 3.63) is 22.1 Å². The topological polar surface area (TPSA) is 88.8 Å². The third kappa shape index (κ3) is 3.57. The van der Waals surface area contributed by atoms with Crippen molar-refractivity contribution in [2.45, 2.75) is 11.3 Å². The molecule has 0 atom stereocenters. The van der Waals surface area contributed by atoms with Gasteiger partial charge in [0.05, 0.1) is 5.75 Å². The van der Waals surface area contributed by atoms with Gasteiger partial charge in [0, 0.05) is 6.07 Å². The van der Waals surface area contributed by atoms with Crippen molar-refractivity contribution in [3.8, 4) is 0 Å². The van der Waals surface area contributed by atoms with Crippen LogP contribution in [0, 0.1) is 0 Å². The summed E-state index contributed by atoms with van der Waals surface area (Å²) in [6.45, 7) is 0. The van der Waals surface area contributed by atoms with E-state index in [2.05, 4.69) is 9.97 Å². The molecule has 1 heterocycles. The molecule has 0 saturated heterocycles. The number of rotatable bonds is 3. The molecule has 0 aromatic carbocycles. The summed E-state index contributed by atoms with van der Waals surface area (Å²) in [7, 11) is 0. The van der Waals surface area contributed by atoms with Crippen LogP contribution in [0.25, 0.3) is 0 Å². The smallest absolute Gasteiger partial charge is 0.369 e. The Kier molecular flexibility index (Phi) is 3.58. The minimum absolute atomic E-state index is 0.260. The van der Waals surface area contributed by atoms with Crippen molar-refractivity contribution < 1.29 is 18.0 Å². The van der Waals surface area contributed by atoms with Crippen molar-refractivity contribution in [1.29, 1.82) is 0 Å². The van der Waals surface area contributed by atoms with Gasteiger partial charge in [-0.1, -0.05) is 11.8 Å². The van der Waals surface area contributed by atoms with E-state index in [1.807, 2.05) is 0 Å². The molecule has 0 aliphatic rings. The second-order valence-corrected chi connectivity index (χ2v) is 3.65. The van der Waals surface area contributed by atoms with Gasteiger partial charge in [-0.15, -0.1) is 0 Å². The van der Waals surface area contributed by atoms with Crippen molar-refractivity contribution >= 4 is 17.7 Å². The first-order valence-corrected chi connectivity index (χ1v) is 4.87. The van der Waals surface area contributed by atoms with E-state index in [0.29, 0.717) is 17.8 Å². The average Bonchev–Trinajstić information content (AvgIpc) is 2.12. The Balaban J connectivity index is 2.99. The Morgan fingerprint density at radius 1 is 1.56 bits per heavy atom. The predicted molar refractivity (Wildman–Crippen MR) is 49.8 cm³/mol. The summed E-state index contributed by atoms with van der Waals surface area (Å²) < 4.78 is 36.7. The van der Waals surface area contributed by atoms with Gasteiger partial charge in [-0.2, -0.15) is 13.2 Å². The first-order valence-electron chi connectivity index (χ1n) is 3.88. The summed E-state index contributed by atoms with van der Waals surface area (Å²) in [5, 5.41) is -0.293. The summed E-state index contributed by atoms with van der Waals surface area (Å²) in [5.41, 5.74) is 2.56. The van der Waals surface area contributed by atoms with Crippen LogP contribution < -0.4 is 11.3 Å². The first kappa shape index (κ1) is 12.6. The van der Waals surface area contributed by atoms with Crippen LogP contribution >= 0.6 is 11.8 Å². The highest BCUT2D eigenvalue weighted by molar-refractivity contribution is 7.99. The molecular weight excluding hydrogens is 247 g/mol. The largest absolute Gasteiger partial charge is 0.433 e. The summed E-state index contributed by atoms with van der Waals surface area (Å²) in [5.74, 6) is -0.977. The van der Waals surface area contributed by atoms with Crippen LogP contribution in [0.15, 0.2) is 16.0 Å². The number of amides is 1. The number of thioether (sulfide) groups is 1. The highest BCUT2D eigenvalue weighted by atomic mass is 32.2. The second kappa shape index (κ2) is 4.56. The molecule has 16 heavy (non-hydrogen) atoms. The maximum absolute atomic E-state index is 12.2. The van der Waals surface area contributed by atoms with E-state index in [0.717, 1.165) is 0 Å². The van der Waals surface area contributed by atoms with Crippen LogP contribution in [0.5, 0.6) is 0 Å². The molecule has 0 unspecified atom stereocenters. The van der Waals surface area contributed by atoms with Crippen LogP contribution in [-0.2, 0) is 11.0 Å². The molecule has 0 bridgehead atoms. The molecule has 0 saturated carbocycles. The number of nitrogens with two attached hydrogens (primary N) is 1. The van der Waals surface area contributed by atoms with Crippen molar-refractivity contribution in [1.82, 2.24) is 9.97 Å². The van der Waals surface area contributed by atoms with E-state index in [1.165, 1.54) is 0 Å². The van der Waals surface area contributed by atoms with Crippen molar-refractivity contribution in [3.63, 3.8) is 0 Å². The number of hydrogen-bond donors (Lipinski definition) is 2. The standard InChI is InChI=1S/C7H6F3N3O2S/c8-7(9,10)3-1-5(15)13-6(12-3)16-2-4(11)14/h1H,2H2,(H2,11,14)(H,12,13,15). The first-order chi connectivity index (χ1) is 7.29. The molecule has 0 spiro atoms. The second-order valence-electron chi connectivity index (χ2n) is 2.69. The lowest BCUT2D eigenvalue weighted by Crippen LogP contribution is -2.18. The number of carbonyl (C=O) groups excluding carboxylic acids is 1. The van der Waals surface area contributed by atoms with Gasteiger partial charge in [0.25, 0.3) is 5.56 Å². The maximum Gasteiger partial charge on any atom is 0.433 e. The number of aromatic nitrogens is 2. The van der Waals surface area contributed by atoms with Crippen molar-refractivity contribution in [2.75, 3.05) is 5.75 Å². The lowest BCUT2D eigenvalue weighted by molar-refractivity contribution is -0.141. The van der Waals surface area contributed by atoms with Crippen LogP contribution in [-0.4, -0.2) is 21.6 Å². The van der Waals surface area contributed by atoms with E-state index in [9.17, 15) is 22.8 Å². The van der Waals surface area contributed by atoms with Gasteiger partial charge in [0.1, 0.15) is 0 Å². The predicted octanol–water partition coefficient (Wildman–Crippen LogP) is 0.366. The van der Waals surface area contributed by atoms with Crippen LogP contribution in [0.1, 0.15) is 5.69 Å². The Labute approximate surface area is 91.2 Å². The fraction of sp³-hybridized carbons (Fsp3) is 0.286.